The summed E-state index contributed by atoms with van der Waals surface area (Å²) in [5.41, 5.74) is 4.39. The van der Waals surface area contributed by atoms with E-state index in [4.69, 9.17) is 4.74 Å². The van der Waals surface area contributed by atoms with Crippen LogP contribution >= 0.6 is 0 Å². The summed E-state index contributed by atoms with van der Waals surface area (Å²) >= 11 is 0. The highest BCUT2D eigenvalue weighted by Gasteiger charge is 2.13. The molecule has 0 aromatic heterocycles. The normalized spacial score (nSPS) is 12.8. The van der Waals surface area contributed by atoms with Gasteiger partial charge in [0, 0.05) is 25.2 Å². The summed E-state index contributed by atoms with van der Waals surface area (Å²) in [6.45, 7) is 2.36. The smallest absolute Gasteiger partial charge is 0.251 e. The minimum atomic E-state index is -0.0161. The number of benzene rings is 2. The van der Waals surface area contributed by atoms with Crippen LogP contribution in [0.4, 0.5) is 0 Å². The van der Waals surface area contributed by atoms with Crippen molar-refractivity contribution in [2.24, 2.45) is 0 Å². The average Bonchev–Trinajstić information content (AvgIpc) is 3.02. The van der Waals surface area contributed by atoms with Crippen molar-refractivity contribution in [3.63, 3.8) is 0 Å². The van der Waals surface area contributed by atoms with Crippen LogP contribution in [0.5, 0.6) is 5.75 Å². The third-order valence-corrected chi connectivity index (χ3v) is 3.93. The molecule has 3 rings (SSSR count). The molecule has 4 heteroatoms. The number of carbonyl (C=O) groups is 1. The van der Waals surface area contributed by atoms with Crippen molar-refractivity contribution < 1.29 is 9.53 Å². The molecule has 2 aromatic carbocycles. The van der Waals surface area contributed by atoms with Crippen molar-refractivity contribution in [2.75, 3.05) is 13.7 Å². The largest absolute Gasteiger partial charge is 0.497 e. The van der Waals surface area contributed by atoms with Gasteiger partial charge in [0.1, 0.15) is 5.75 Å². The third-order valence-electron chi connectivity index (χ3n) is 3.93. The van der Waals surface area contributed by atoms with Gasteiger partial charge in [-0.15, -0.1) is 0 Å². The summed E-state index contributed by atoms with van der Waals surface area (Å²) < 4.78 is 5.20. The topological polar surface area (TPSA) is 50.4 Å². The molecule has 0 unspecified atom stereocenters. The minimum absolute atomic E-state index is 0.0161. The lowest BCUT2D eigenvalue weighted by Gasteiger charge is -2.08. The summed E-state index contributed by atoms with van der Waals surface area (Å²) in [5, 5.41) is 6.26. The lowest BCUT2D eigenvalue weighted by Crippen LogP contribution is -2.25. The molecule has 0 spiro atoms. The maximum atomic E-state index is 12.2. The first-order valence-corrected chi connectivity index (χ1v) is 7.50. The van der Waals surface area contributed by atoms with Crippen LogP contribution in [0, 0.1) is 0 Å². The number of hydrogen-bond donors (Lipinski definition) is 2. The average molecular weight is 296 g/mol. The first-order valence-electron chi connectivity index (χ1n) is 7.50. The maximum Gasteiger partial charge on any atom is 0.251 e. The Hall–Kier alpha value is -2.33. The zero-order valence-electron chi connectivity index (χ0n) is 12.7. The SMILES string of the molecule is COc1cccc(CCNC(=O)c2ccc3c(c2)CNC3)c1. The Bertz CT molecular complexity index is 683. The van der Waals surface area contributed by atoms with E-state index >= 15 is 0 Å². The van der Waals surface area contributed by atoms with Crippen LogP contribution in [0.15, 0.2) is 42.5 Å². The van der Waals surface area contributed by atoms with E-state index in [9.17, 15) is 4.79 Å². The monoisotopic (exact) mass is 296 g/mol. The Labute approximate surface area is 130 Å². The van der Waals surface area contributed by atoms with Gasteiger partial charge in [-0.2, -0.15) is 0 Å². The first kappa shape index (κ1) is 14.6. The van der Waals surface area contributed by atoms with E-state index in [0.717, 1.165) is 36.4 Å². The molecule has 114 valence electrons. The van der Waals surface area contributed by atoms with Crippen LogP contribution in [0.1, 0.15) is 27.0 Å². The van der Waals surface area contributed by atoms with Gasteiger partial charge in [0.05, 0.1) is 7.11 Å². The third kappa shape index (κ3) is 3.28. The van der Waals surface area contributed by atoms with Crippen molar-refractivity contribution in [2.45, 2.75) is 19.5 Å². The number of rotatable bonds is 5. The molecule has 0 radical (unpaired) electrons. The number of methoxy groups -OCH3 is 1. The molecule has 4 nitrogen and oxygen atoms in total. The van der Waals surface area contributed by atoms with Gasteiger partial charge >= 0.3 is 0 Å². The van der Waals surface area contributed by atoms with E-state index in [0.29, 0.717) is 6.54 Å². The van der Waals surface area contributed by atoms with Crippen molar-refractivity contribution in [1.29, 1.82) is 0 Å². The summed E-state index contributed by atoms with van der Waals surface area (Å²) in [5.74, 6) is 0.826. The predicted octanol–water partition coefficient (Wildman–Crippen LogP) is 2.27. The Morgan fingerprint density at radius 3 is 2.91 bits per heavy atom. The molecule has 22 heavy (non-hydrogen) atoms. The molecule has 2 N–H and O–H groups in total. The summed E-state index contributed by atoms with van der Waals surface area (Å²) in [6.07, 6.45) is 0.787. The van der Waals surface area contributed by atoms with Crippen LogP contribution in [-0.4, -0.2) is 19.6 Å². The fourth-order valence-corrected chi connectivity index (χ4v) is 2.69. The Morgan fingerprint density at radius 2 is 2.05 bits per heavy atom. The Morgan fingerprint density at radius 1 is 1.18 bits per heavy atom. The van der Waals surface area contributed by atoms with E-state index in [-0.39, 0.29) is 5.91 Å². The highest BCUT2D eigenvalue weighted by Crippen LogP contribution is 2.17. The quantitative estimate of drug-likeness (QED) is 0.890. The summed E-state index contributed by atoms with van der Waals surface area (Å²) in [7, 11) is 1.66. The van der Waals surface area contributed by atoms with Gasteiger partial charge in [-0.25, -0.2) is 0 Å². The maximum absolute atomic E-state index is 12.2. The molecule has 1 heterocycles. The Balaban J connectivity index is 1.56. The number of ether oxygens (including phenoxy) is 1. The fraction of sp³-hybridized carbons (Fsp3) is 0.278. The summed E-state index contributed by atoms with van der Waals surface area (Å²) in [4.78, 5) is 12.2. The second-order valence-corrected chi connectivity index (χ2v) is 5.44. The molecule has 0 atom stereocenters. The first-order chi connectivity index (χ1) is 10.8. The highest BCUT2D eigenvalue weighted by molar-refractivity contribution is 5.94. The number of nitrogens with one attached hydrogen (secondary N) is 2. The van der Waals surface area contributed by atoms with Crippen LogP contribution in [0.2, 0.25) is 0 Å². The molecular formula is C18H20N2O2. The molecule has 1 amide bonds. The van der Waals surface area contributed by atoms with Crippen LogP contribution in [0.3, 0.4) is 0 Å². The van der Waals surface area contributed by atoms with Crippen molar-refractivity contribution >= 4 is 5.91 Å². The van der Waals surface area contributed by atoms with Gasteiger partial charge in [0.15, 0.2) is 0 Å². The van der Waals surface area contributed by atoms with E-state index < -0.39 is 0 Å². The fourth-order valence-electron chi connectivity index (χ4n) is 2.69. The van der Waals surface area contributed by atoms with E-state index in [2.05, 4.69) is 10.6 Å². The number of hydrogen-bond acceptors (Lipinski definition) is 3. The second kappa shape index (κ2) is 6.62. The predicted molar refractivity (Wildman–Crippen MR) is 86.0 cm³/mol. The van der Waals surface area contributed by atoms with Gasteiger partial charge in [-0.05, 0) is 47.4 Å². The molecule has 0 aliphatic carbocycles. The molecule has 0 saturated heterocycles. The van der Waals surface area contributed by atoms with E-state index in [1.807, 2.05) is 42.5 Å². The second-order valence-electron chi connectivity index (χ2n) is 5.44. The Kier molecular flexibility index (Phi) is 4.39. The van der Waals surface area contributed by atoms with Crippen molar-refractivity contribution in [1.82, 2.24) is 10.6 Å². The van der Waals surface area contributed by atoms with Gasteiger partial charge in [-0.3, -0.25) is 4.79 Å². The zero-order chi connectivity index (χ0) is 15.4. The van der Waals surface area contributed by atoms with Crippen molar-refractivity contribution in [3.8, 4) is 5.75 Å². The van der Waals surface area contributed by atoms with Gasteiger partial charge in [0.2, 0.25) is 0 Å². The number of fused-ring (bicyclic) bond motifs is 1. The minimum Gasteiger partial charge on any atom is -0.497 e. The van der Waals surface area contributed by atoms with Gasteiger partial charge in [0.25, 0.3) is 5.91 Å². The molecule has 0 bridgehead atoms. The van der Waals surface area contributed by atoms with Gasteiger partial charge in [-0.1, -0.05) is 18.2 Å². The van der Waals surface area contributed by atoms with Crippen LogP contribution in [-0.2, 0) is 19.5 Å². The zero-order valence-corrected chi connectivity index (χ0v) is 12.7. The van der Waals surface area contributed by atoms with Crippen LogP contribution in [0.25, 0.3) is 0 Å². The van der Waals surface area contributed by atoms with Crippen LogP contribution < -0.4 is 15.4 Å². The number of amides is 1. The molecule has 2 aromatic rings. The number of carbonyl (C=O) groups excluding carboxylic acids is 1. The molecule has 0 saturated carbocycles. The van der Waals surface area contributed by atoms with E-state index in [1.54, 1.807) is 7.11 Å². The molecule has 1 aliphatic heterocycles. The standard InChI is InChI=1S/C18H20N2O2/c1-22-17-4-2-3-13(9-17)7-8-20-18(21)14-5-6-15-11-19-12-16(15)10-14/h2-6,9-10,19H,7-8,11-12H2,1H3,(H,20,21). The lowest BCUT2D eigenvalue weighted by molar-refractivity contribution is 0.0954. The summed E-state index contributed by atoms with van der Waals surface area (Å²) in [6, 6.07) is 13.8. The lowest BCUT2D eigenvalue weighted by atomic mass is 10.1. The molecular weight excluding hydrogens is 276 g/mol. The molecule has 0 fully saturated rings. The highest BCUT2D eigenvalue weighted by atomic mass is 16.5. The van der Waals surface area contributed by atoms with Gasteiger partial charge < -0.3 is 15.4 Å². The van der Waals surface area contributed by atoms with Crippen molar-refractivity contribution in [3.05, 3.63) is 64.7 Å². The van der Waals surface area contributed by atoms with E-state index in [1.165, 1.54) is 11.1 Å². The molecule has 1 aliphatic rings.